The number of aromatic nitrogens is 2. The van der Waals surface area contributed by atoms with Gasteiger partial charge in [-0.25, -0.2) is 0 Å². The van der Waals surface area contributed by atoms with Gasteiger partial charge in [0.2, 0.25) is 0 Å². The largest absolute Gasteiger partial charge is 0.489 e. The monoisotopic (exact) mass is 283 g/mol. The molecule has 6 nitrogen and oxygen atoms in total. The maximum Gasteiger partial charge on any atom is 0.292 e. The zero-order valence-electron chi connectivity index (χ0n) is 11.1. The van der Waals surface area contributed by atoms with Crippen molar-refractivity contribution in [1.82, 2.24) is 10.2 Å². The number of aromatic amines is 1. The summed E-state index contributed by atoms with van der Waals surface area (Å²) in [6, 6.07) is 8.69. The van der Waals surface area contributed by atoms with Gasteiger partial charge in [-0.3, -0.25) is 9.89 Å². The average Bonchev–Trinajstić information content (AvgIpc) is 3.15. The predicted molar refractivity (Wildman–Crippen MR) is 78.4 cm³/mol. The molecule has 6 heteroatoms. The summed E-state index contributed by atoms with van der Waals surface area (Å²) in [6.45, 7) is 4.03. The lowest BCUT2D eigenvalue weighted by atomic mass is 10.2. The van der Waals surface area contributed by atoms with E-state index in [-0.39, 0.29) is 11.7 Å². The zero-order chi connectivity index (χ0) is 14.7. The fourth-order valence-corrected chi connectivity index (χ4v) is 1.92. The quantitative estimate of drug-likeness (QED) is 0.705. The first kappa shape index (κ1) is 13.0. The highest BCUT2D eigenvalue weighted by molar-refractivity contribution is 6.06. The van der Waals surface area contributed by atoms with E-state index in [9.17, 15) is 4.79 Å². The van der Waals surface area contributed by atoms with Crippen LogP contribution in [-0.2, 0) is 0 Å². The van der Waals surface area contributed by atoms with Gasteiger partial charge in [-0.2, -0.15) is 5.10 Å². The Kier molecular flexibility index (Phi) is 3.42. The first-order chi connectivity index (χ1) is 10.3. The highest BCUT2D eigenvalue weighted by atomic mass is 16.5. The molecule has 2 N–H and O–H groups in total. The Bertz CT molecular complexity index is 775. The molecule has 2 aromatic heterocycles. The van der Waals surface area contributed by atoms with Crippen LogP contribution in [0.5, 0.6) is 5.75 Å². The van der Waals surface area contributed by atoms with E-state index in [4.69, 9.17) is 9.15 Å². The smallest absolute Gasteiger partial charge is 0.292 e. The van der Waals surface area contributed by atoms with Crippen LogP contribution in [-0.4, -0.2) is 22.7 Å². The number of furan rings is 1. The molecule has 21 heavy (non-hydrogen) atoms. The van der Waals surface area contributed by atoms with E-state index in [1.165, 1.54) is 6.26 Å². The van der Waals surface area contributed by atoms with Gasteiger partial charge in [0.15, 0.2) is 11.6 Å². The number of nitrogens with one attached hydrogen (secondary N) is 2. The SMILES string of the molecule is C=CCOc1ccc2c(NC(=O)c3ccco3)n[nH]c2c1. The molecule has 0 saturated carbocycles. The van der Waals surface area contributed by atoms with Crippen LogP contribution in [0.15, 0.2) is 53.7 Å². The van der Waals surface area contributed by atoms with E-state index >= 15 is 0 Å². The number of hydrogen-bond acceptors (Lipinski definition) is 4. The van der Waals surface area contributed by atoms with E-state index in [0.29, 0.717) is 18.2 Å². The summed E-state index contributed by atoms with van der Waals surface area (Å²) in [5.74, 6) is 1.04. The Morgan fingerprint density at radius 3 is 3.14 bits per heavy atom. The van der Waals surface area contributed by atoms with Crippen LogP contribution >= 0.6 is 0 Å². The van der Waals surface area contributed by atoms with Crippen molar-refractivity contribution in [2.24, 2.45) is 0 Å². The molecule has 3 rings (SSSR count). The van der Waals surface area contributed by atoms with Gasteiger partial charge in [0.1, 0.15) is 12.4 Å². The van der Waals surface area contributed by atoms with Gasteiger partial charge in [-0.1, -0.05) is 12.7 Å². The molecule has 3 aromatic rings. The van der Waals surface area contributed by atoms with Crippen molar-refractivity contribution < 1.29 is 13.9 Å². The van der Waals surface area contributed by atoms with E-state index < -0.39 is 0 Å². The number of hydrogen-bond donors (Lipinski definition) is 2. The van der Waals surface area contributed by atoms with E-state index in [1.54, 1.807) is 18.2 Å². The highest BCUT2D eigenvalue weighted by Gasteiger charge is 2.13. The number of anilines is 1. The number of fused-ring (bicyclic) bond motifs is 1. The van der Waals surface area contributed by atoms with Crippen LogP contribution in [0.1, 0.15) is 10.6 Å². The molecule has 0 saturated heterocycles. The van der Waals surface area contributed by atoms with Crippen molar-refractivity contribution in [1.29, 1.82) is 0 Å². The van der Waals surface area contributed by atoms with Crippen molar-refractivity contribution in [3.05, 3.63) is 55.0 Å². The zero-order valence-corrected chi connectivity index (χ0v) is 11.1. The van der Waals surface area contributed by atoms with Crippen LogP contribution < -0.4 is 10.1 Å². The Labute approximate surface area is 120 Å². The molecule has 0 spiro atoms. The number of ether oxygens (including phenoxy) is 1. The summed E-state index contributed by atoms with van der Waals surface area (Å²) >= 11 is 0. The van der Waals surface area contributed by atoms with Gasteiger partial charge in [-0.05, 0) is 24.3 Å². The average molecular weight is 283 g/mol. The molecule has 0 bridgehead atoms. The Morgan fingerprint density at radius 1 is 1.48 bits per heavy atom. The van der Waals surface area contributed by atoms with Crippen molar-refractivity contribution in [2.75, 3.05) is 11.9 Å². The number of carbonyl (C=O) groups is 1. The number of rotatable bonds is 5. The maximum atomic E-state index is 11.9. The van der Waals surface area contributed by atoms with E-state index in [2.05, 4.69) is 22.1 Å². The number of nitrogens with zero attached hydrogens (tertiary/aromatic N) is 1. The molecular weight excluding hydrogens is 270 g/mol. The minimum atomic E-state index is -0.347. The van der Waals surface area contributed by atoms with Gasteiger partial charge in [0, 0.05) is 11.5 Å². The summed E-state index contributed by atoms with van der Waals surface area (Å²) in [4.78, 5) is 11.9. The molecule has 106 valence electrons. The maximum absolute atomic E-state index is 11.9. The molecular formula is C15H13N3O3. The Morgan fingerprint density at radius 2 is 2.38 bits per heavy atom. The minimum absolute atomic E-state index is 0.233. The van der Waals surface area contributed by atoms with Crippen LogP contribution in [0.25, 0.3) is 10.9 Å². The van der Waals surface area contributed by atoms with Gasteiger partial charge in [0.25, 0.3) is 5.91 Å². The van der Waals surface area contributed by atoms with E-state index in [1.807, 2.05) is 18.2 Å². The summed E-state index contributed by atoms with van der Waals surface area (Å²) < 4.78 is 10.5. The molecule has 0 unspecified atom stereocenters. The number of carbonyl (C=O) groups excluding carboxylic acids is 1. The van der Waals surface area contributed by atoms with Gasteiger partial charge in [0.05, 0.1) is 11.8 Å². The number of benzene rings is 1. The van der Waals surface area contributed by atoms with Gasteiger partial charge >= 0.3 is 0 Å². The molecule has 1 aromatic carbocycles. The second kappa shape index (κ2) is 5.54. The lowest BCUT2D eigenvalue weighted by Gasteiger charge is -2.03. The van der Waals surface area contributed by atoms with Crippen LogP contribution in [0, 0.1) is 0 Å². The standard InChI is InChI=1S/C15H13N3O3/c1-2-7-20-10-5-6-11-12(9-10)17-18-14(11)16-15(19)13-4-3-8-21-13/h2-6,8-9H,1,7H2,(H2,16,17,18,19). The molecule has 0 aliphatic heterocycles. The van der Waals surface area contributed by atoms with Crippen LogP contribution in [0.3, 0.4) is 0 Å². The number of amides is 1. The highest BCUT2D eigenvalue weighted by Crippen LogP contribution is 2.25. The number of H-pyrrole nitrogens is 1. The summed E-state index contributed by atoms with van der Waals surface area (Å²) in [7, 11) is 0. The van der Waals surface area contributed by atoms with Crippen LogP contribution in [0.2, 0.25) is 0 Å². The van der Waals surface area contributed by atoms with Crippen molar-refractivity contribution >= 4 is 22.6 Å². The summed E-state index contributed by atoms with van der Waals surface area (Å²) in [6.07, 6.45) is 3.12. The molecule has 0 atom stereocenters. The second-order valence-corrected chi connectivity index (χ2v) is 4.31. The third-order valence-electron chi connectivity index (χ3n) is 2.88. The summed E-state index contributed by atoms with van der Waals surface area (Å²) in [5, 5.41) is 10.4. The fourth-order valence-electron chi connectivity index (χ4n) is 1.92. The lowest BCUT2D eigenvalue weighted by Crippen LogP contribution is -2.11. The fraction of sp³-hybridized carbons (Fsp3) is 0.0667. The molecule has 0 radical (unpaired) electrons. The third-order valence-corrected chi connectivity index (χ3v) is 2.88. The van der Waals surface area contributed by atoms with Crippen LogP contribution in [0.4, 0.5) is 5.82 Å². The molecule has 0 aliphatic rings. The van der Waals surface area contributed by atoms with Crippen molar-refractivity contribution in [2.45, 2.75) is 0 Å². The molecule has 0 aliphatic carbocycles. The van der Waals surface area contributed by atoms with E-state index in [0.717, 1.165) is 10.9 Å². The molecule has 1 amide bonds. The Balaban J connectivity index is 1.83. The van der Waals surface area contributed by atoms with Crippen molar-refractivity contribution in [3.63, 3.8) is 0 Å². The summed E-state index contributed by atoms with van der Waals surface area (Å²) in [5.41, 5.74) is 0.770. The lowest BCUT2D eigenvalue weighted by molar-refractivity contribution is 0.0996. The predicted octanol–water partition coefficient (Wildman–Crippen LogP) is 2.97. The van der Waals surface area contributed by atoms with Gasteiger partial charge in [-0.15, -0.1) is 0 Å². The first-order valence-corrected chi connectivity index (χ1v) is 6.34. The molecule has 2 heterocycles. The normalized spacial score (nSPS) is 10.5. The van der Waals surface area contributed by atoms with Gasteiger partial charge < -0.3 is 14.5 Å². The second-order valence-electron chi connectivity index (χ2n) is 4.31. The topological polar surface area (TPSA) is 80.2 Å². The minimum Gasteiger partial charge on any atom is -0.489 e. The third kappa shape index (κ3) is 2.64. The Hall–Kier alpha value is -3.02. The first-order valence-electron chi connectivity index (χ1n) is 6.34. The van der Waals surface area contributed by atoms with Crippen molar-refractivity contribution in [3.8, 4) is 5.75 Å². The molecule has 0 fully saturated rings.